The Hall–Kier alpha value is -1.93. The van der Waals surface area contributed by atoms with Crippen molar-refractivity contribution in [3.8, 4) is 0 Å². The van der Waals surface area contributed by atoms with Gasteiger partial charge in [-0.25, -0.2) is 8.78 Å². The van der Waals surface area contributed by atoms with Gasteiger partial charge >= 0.3 is 0 Å². The van der Waals surface area contributed by atoms with E-state index in [9.17, 15) is 17.8 Å². The number of rotatable bonds is 5. The molecule has 2 aromatic rings. The summed E-state index contributed by atoms with van der Waals surface area (Å²) in [5, 5.41) is -0.550. The predicted octanol–water partition coefficient (Wildman–Crippen LogP) is 6.53. The standard InChI is InChI=1S/C27H30F2N2O2S2/c1-34-30-19-5-6-23-22(14-19)26(11-9-25(7-8-25)10-12-26)17-31(23)24(32)18-3-2-4-20(13-18)35(33)21-15-27(28,29)16-21/h2-6,13-14,21,30H,7-12,15-17H2,1H3. The molecule has 1 atom stereocenters. The summed E-state index contributed by atoms with van der Waals surface area (Å²) in [6.45, 7) is 0.655. The number of alkyl halides is 2. The lowest BCUT2D eigenvalue weighted by Gasteiger charge is -2.38. The maximum absolute atomic E-state index is 13.8. The minimum atomic E-state index is -2.72. The molecule has 3 aliphatic carbocycles. The van der Waals surface area contributed by atoms with E-state index < -0.39 is 22.0 Å². The number of hydrogen-bond acceptors (Lipinski definition) is 4. The van der Waals surface area contributed by atoms with Crippen molar-refractivity contribution in [2.45, 2.75) is 72.8 Å². The molecule has 8 heteroatoms. The van der Waals surface area contributed by atoms with Gasteiger partial charge in [-0.1, -0.05) is 18.0 Å². The van der Waals surface area contributed by atoms with E-state index in [1.54, 1.807) is 36.2 Å². The summed E-state index contributed by atoms with van der Waals surface area (Å²) < 4.78 is 42.8. The lowest BCUT2D eigenvalue weighted by atomic mass is 9.66. The summed E-state index contributed by atoms with van der Waals surface area (Å²) in [4.78, 5) is 16.2. The molecule has 0 aromatic heterocycles. The molecular weight excluding hydrogens is 486 g/mol. The predicted molar refractivity (Wildman–Crippen MR) is 138 cm³/mol. The van der Waals surface area contributed by atoms with Crippen molar-refractivity contribution >= 4 is 40.0 Å². The van der Waals surface area contributed by atoms with E-state index in [1.807, 2.05) is 23.3 Å². The number of halogens is 2. The van der Waals surface area contributed by atoms with E-state index in [0.717, 1.165) is 24.2 Å². The number of fused-ring (bicyclic) bond motifs is 2. The van der Waals surface area contributed by atoms with Crippen molar-refractivity contribution in [3.63, 3.8) is 0 Å². The van der Waals surface area contributed by atoms with Gasteiger partial charge in [0.05, 0.1) is 16.0 Å². The SMILES string of the molecule is CSNc1ccc2c(c1)C1(CCC3(CC3)CC1)CN2C(=O)c1cccc(S(=O)C2CC(F)(F)C2)c1. The molecule has 3 fully saturated rings. The molecular formula is C27H30F2N2O2S2. The van der Waals surface area contributed by atoms with Gasteiger partial charge in [-0.05, 0) is 85.9 Å². The van der Waals surface area contributed by atoms with Crippen molar-refractivity contribution < 1.29 is 17.8 Å². The second-order valence-corrected chi connectivity index (χ2v) is 13.3. The molecule has 186 valence electrons. The molecule has 0 radical (unpaired) electrons. The first-order valence-electron chi connectivity index (χ1n) is 12.4. The second kappa shape index (κ2) is 8.30. The van der Waals surface area contributed by atoms with Crippen LogP contribution in [0.4, 0.5) is 20.2 Å². The molecule has 1 unspecified atom stereocenters. The minimum absolute atomic E-state index is 0.0348. The normalized spacial score (nSPS) is 24.1. The van der Waals surface area contributed by atoms with Gasteiger partial charge < -0.3 is 9.62 Å². The van der Waals surface area contributed by atoms with Gasteiger partial charge in [-0.3, -0.25) is 9.00 Å². The number of nitrogens with one attached hydrogen (secondary N) is 1. The first-order chi connectivity index (χ1) is 16.7. The Morgan fingerprint density at radius 3 is 2.43 bits per heavy atom. The molecule has 0 bridgehead atoms. The quantitative estimate of drug-likeness (QED) is 0.459. The van der Waals surface area contributed by atoms with Crippen LogP contribution in [0.15, 0.2) is 47.4 Å². The monoisotopic (exact) mass is 516 g/mol. The van der Waals surface area contributed by atoms with Gasteiger partial charge in [0.25, 0.3) is 11.8 Å². The van der Waals surface area contributed by atoms with Crippen LogP contribution < -0.4 is 9.62 Å². The summed E-state index contributed by atoms with van der Waals surface area (Å²) in [6.07, 6.45) is 8.58. The third kappa shape index (κ3) is 4.10. The fourth-order valence-electron chi connectivity index (χ4n) is 6.26. The molecule has 1 N–H and O–H groups in total. The third-order valence-electron chi connectivity index (χ3n) is 8.68. The summed E-state index contributed by atoms with van der Waals surface area (Å²) in [7, 11) is -1.54. The van der Waals surface area contributed by atoms with E-state index in [4.69, 9.17) is 0 Å². The summed E-state index contributed by atoms with van der Waals surface area (Å²) >= 11 is 1.56. The Kier molecular flexibility index (Phi) is 5.57. The zero-order valence-electron chi connectivity index (χ0n) is 19.8. The average molecular weight is 517 g/mol. The van der Waals surface area contributed by atoms with Crippen molar-refractivity contribution in [2.75, 3.05) is 22.4 Å². The molecule has 1 aliphatic heterocycles. The zero-order chi connectivity index (χ0) is 24.4. The van der Waals surface area contributed by atoms with Crippen molar-refractivity contribution in [3.05, 3.63) is 53.6 Å². The molecule has 2 aromatic carbocycles. The topological polar surface area (TPSA) is 49.4 Å². The van der Waals surface area contributed by atoms with E-state index >= 15 is 0 Å². The van der Waals surface area contributed by atoms with Gasteiger partial charge in [0.15, 0.2) is 0 Å². The van der Waals surface area contributed by atoms with Crippen LogP contribution in [0.3, 0.4) is 0 Å². The highest BCUT2D eigenvalue weighted by atomic mass is 32.2. The van der Waals surface area contributed by atoms with Crippen molar-refractivity contribution in [1.82, 2.24) is 0 Å². The first-order valence-corrected chi connectivity index (χ1v) is 14.8. The van der Waals surface area contributed by atoms with Gasteiger partial charge in [-0.15, -0.1) is 0 Å². The number of nitrogens with zero attached hydrogens (tertiary/aromatic N) is 1. The Labute approximate surface area is 211 Å². The fourth-order valence-corrected chi connectivity index (χ4v) is 8.25. The Morgan fingerprint density at radius 2 is 1.77 bits per heavy atom. The highest BCUT2D eigenvalue weighted by Gasteiger charge is 2.54. The van der Waals surface area contributed by atoms with Crippen LogP contribution in [0, 0.1) is 5.41 Å². The lowest BCUT2D eigenvalue weighted by molar-refractivity contribution is -0.0676. The van der Waals surface area contributed by atoms with Crippen LogP contribution in [-0.2, 0) is 16.2 Å². The number of carbonyl (C=O) groups excluding carboxylic acids is 1. The van der Waals surface area contributed by atoms with E-state index in [-0.39, 0.29) is 24.2 Å². The molecule has 1 amide bonds. The van der Waals surface area contributed by atoms with Crippen LogP contribution in [0.1, 0.15) is 67.3 Å². The van der Waals surface area contributed by atoms with Crippen molar-refractivity contribution in [1.29, 1.82) is 0 Å². The van der Waals surface area contributed by atoms with Crippen LogP contribution in [-0.4, -0.2) is 34.1 Å². The van der Waals surface area contributed by atoms with Gasteiger partial charge in [0.2, 0.25) is 0 Å². The van der Waals surface area contributed by atoms with E-state index in [1.165, 1.54) is 31.2 Å². The van der Waals surface area contributed by atoms with Crippen LogP contribution in [0.5, 0.6) is 0 Å². The summed E-state index contributed by atoms with van der Waals surface area (Å²) in [5.74, 6) is -2.83. The maximum Gasteiger partial charge on any atom is 0.258 e. The highest BCUT2D eigenvalue weighted by molar-refractivity contribution is 7.99. The molecule has 35 heavy (non-hydrogen) atoms. The largest absolute Gasteiger partial charge is 0.330 e. The van der Waals surface area contributed by atoms with Gasteiger partial charge in [0.1, 0.15) is 0 Å². The highest BCUT2D eigenvalue weighted by Crippen LogP contribution is 2.62. The van der Waals surface area contributed by atoms with Crippen LogP contribution >= 0.6 is 11.9 Å². The molecule has 0 saturated heterocycles. The average Bonchev–Trinajstić information content (AvgIpc) is 3.54. The maximum atomic E-state index is 13.8. The fraction of sp³-hybridized carbons (Fsp3) is 0.519. The molecule has 6 rings (SSSR count). The van der Waals surface area contributed by atoms with Crippen molar-refractivity contribution in [2.24, 2.45) is 5.41 Å². The number of anilines is 2. The Morgan fingerprint density at radius 1 is 1.06 bits per heavy atom. The smallest absolute Gasteiger partial charge is 0.258 e. The Bertz CT molecular complexity index is 1200. The molecule has 3 saturated carbocycles. The zero-order valence-corrected chi connectivity index (χ0v) is 21.5. The molecule has 4 nitrogen and oxygen atoms in total. The van der Waals surface area contributed by atoms with E-state index in [0.29, 0.717) is 22.4 Å². The lowest BCUT2D eigenvalue weighted by Crippen LogP contribution is -2.42. The first kappa shape index (κ1) is 23.5. The molecule has 4 aliphatic rings. The number of carbonyl (C=O) groups is 1. The van der Waals surface area contributed by atoms with Crippen LogP contribution in [0.2, 0.25) is 0 Å². The number of benzene rings is 2. The van der Waals surface area contributed by atoms with Gasteiger partial charge in [0, 0.05) is 52.9 Å². The summed E-state index contributed by atoms with van der Waals surface area (Å²) in [5.41, 5.74) is 4.23. The number of amides is 1. The number of hydrogen-bond donors (Lipinski definition) is 1. The Balaban J connectivity index is 1.29. The third-order valence-corrected chi connectivity index (χ3v) is 10.8. The summed E-state index contributed by atoms with van der Waals surface area (Å²) in [6, 6.07) is 13.1. The minimum Gasteiger partial charge on any atom is -0.330 e. The second-order valence-electron chi connectivity index (χ2n) is 10.9. The molecule has 1 heterocycles. The van der Waals surface area contributed by atoms with E-state index in [2.05, 4.69) is 10.8 Å². The molecule has 2 spiro atoms. The van der Waals surface area contributed by atoms with Gasteiger partial charge in [-0.2, -0.15) is 0 Å². The van der Waals surface area contributed by atoms with Crippen LogP contribution in [0.25, 0.3) is 0 Å².